The van der Waals surface area contributed by atoms with Gasteiger partial charge < -0.3 is 5.32 Å². The van der Waals surface area contributed by atoms with E-state index in [2.05, 4.69) is 22.2 Å². The Balaban J connectivity index is 2.02. The van der Waals surface area contributed by atoms with Crippen LogP contribution in [0.5, 0.6) is 0 Å². The standard InChI is InChI=1S/C13H20ClN3/c1-3-10-5-4-6-11(7-10)17-13-9(2)12(14)15-8-16-13/h8,10-11H,3-7H2,1-2H3,(H,15,16,17). The molecule has 0 saturated heterocycles. The third kappa shape index (κ3) is 3.09. The van der Waals surface area contributed by atoms with E-state index in [9.17, 15) is 0 Å². The van der Waals surface area contributed by atoms with Crippen molar-refractivity contribution in [1.82, 2.24) is 9.97 Å². The Morgan fingerprint density at radius 1 is 1.41 bits per heavy atom. The molecule has 1 N–H and O–H groups in total. The van der Waals surface area contributed by atoms with Gasteiger partial charge in [0.25, 0.3) is 0 Å². The molecular weight excluding hydrogens is 234 g/mol. The highest BCUT2D eigenvalue weighted by atomic mass is 35.5. The van der Waals surface area contributed by atoms with Crippen LogP contribution in [0.3, 0.4) is 0 Å². The molecule has 0 spiro atoms. The van der Waals surface area contributed by atoms with Gasteiger partial charge in [0.2, 0.25) is 0 Å². The summed E-state index contributed by atoms with van der Waals surface area (Å²) in [7, 11) is 0. The zero-order chi connectivity index (χ0) is 12.3. The lowest BCUT2D eigenvalue weighted by Gasteiger charge is -2.29. The first-order valence-electron chi connectivity index (χ1n) is 6.44. The molecule has 0 radical (unpaired) electrons. The Morgan fingerprint density at radius 2 is 2.24 bits per heavy atom. The lowest BCUT2D eigenvalue weighted by Crippen LogP contribution is -2.27. The lowest BCUT2D eigenvalue weighted by molar-refractivity contribution is 0.327. The summed E-state index contributed by atoms with van der Waals surface area (Å²) in [6.07, 6.45) is 7.97. The van der Waals surface area contributed by atoms with Crippen LogP contribution in [0.25, 0.3) is 0 Å². The highest BCUT2D eigenvalue weighted by Crippen LogP contribution is 2.29. The van der Waals surface area contributed by atoms with E-state index in [4.69, 9.17) is 11.6 Å². The average Bonchev–Trinajstić information content (AvgIpc) is 2.35. The van der Waals surface area contributed by atoms with Crippen LogP contribution in [0.2, 0.25) is 5.15 Å². The van der Waals surface area contributed by atoms with E-state index in [0.717, 1.165) is 17.3 Å². The van der Waals surface area contributed by atoms with Crippen LogP contribution in [0.4, 0.5) is 5.82 Å². The molecule has 2 atom stereocenters. The van der Waals surface area contributed by atoms with Gasteiger partial charge in [0.05, 0.1) is 0 Å². The van der Waals surface area contributed by atoms with Crippen LogP contribution in [0.15, 0.2) is 6.33 Å². The molecule has 2 rings (SSSR count). The number of aromatic nitrogens is 2. The second-order valence-corrected chi connectivity index (χ2v) is 5.28. The number of anilines is 1. The smallest absolute Gasteiger partial charge is 0.137 e. The minimum absolute atomic E-state index is 0.540. The fourth-order valence-corrected chi connectivity index (χ4v) is 2.69. The van der Waals surface area contributed by atoms with Crippen LogP contribution >= 0.6 is 11.6 Å². The highest BCUT2D eigenvalue weighted by Gasteiger charge is 2.21. The number of rotatable bonds is 3. The van der Waals surface area contributed by atoms with Crippen molar-refractivity contribution in [3.05, 3.63) is 17.0 Å². The maximum atomic E-state index is 6.00. The van der Waals surface area contributed by atoms with Crippen molar-refractivity contribution < 1.29 is 0 Å². The van der Waals surface area contributed by atoms with E-state index in [1.165, 1.54) is 38.4 Å². The fraction of sp³-hybridized carbons (Fsp3) is 0.692. The number of halogens is 1. The average molecular weight is 254 g/mol. The van der Waals surface area contributed by atoms with Crippen molar-refractivity contribution in [1.29, 1.82) is 0 Å². The van der Waals surface area contributed by atoms with Crippen molar-refractivity contribution >= 4 is 17.4 Å². The molecule has 1 aliphatic rings. The fourth-order valence-electron chi connectivity index (χ4n) is 2.56. The molecule has 1 aromatic rings. The first kappa shape index (κ1) is 12.6. The normalized spacial score (nSPS) is 24.6. The van der Waals surface area contributed by atoms with E-state index in [1.807, 2.05) is 6.92 Å². The van der Waals surface area contributed by atoms with Gasteiger partial charge in [-0.3, -0.25) is 0 Å². The van der Waals surface area contributed by atoms with Crippen molar-refractivity contribution in [2.24, 2.45) is 5.92 Å². The summed E-state index contributed by atoms with van der Waals surface area (Å²) >= 11 is 6.00. The van der Waals surface area contributed by atoms with Gasteiger partial charge in [-0.25, -0.2) is 9.97 Å². The number of hydrogen-bond acceptors (Lipinski definition) is 3. The molecule has 17 heavy (non-hydrogen) atoms. The van der Waals surface area contributed by atoms with Gasteiger partial charge in [0.1, 0.15) is 17.3 Å². The van der Waals surface area contributed by atoms with Gasteiger partial charge in [0, 0.05) is 11.6 Å². The zero-order valence-corrected chi connectivity index (χ0v) is 11.3. The van der Waals surface area contributed by atoms with E-state index in [0.29, 0.717) is 11.2 Å². The van der Waals surface area contributed by atoms with E-state index >= 15 is 0 Å². The largest absolute Gasteiger partial charge is 0.367 e. The van der Waals surface area contributed by atoms with Crippen LogP contribution in [0.1, 0.15) is 44.6 Å². The van der Waals surface area contributed by atoms with Crippen molar-refractivity contribution in [3.8, 4) is 0 Å². The van der Waals surface area contributed by atoms with E-state index in [-0.39, 0.29) is 0 Å². The van der Waals surface area contributed by atoms with Crippen LogP contribution in [-0.4, -0.2) is 16.0 Å². The lowest BCUT2D eigenvalue weighted by atomic mass is 9.84. The molecule has 3 nitrogen and oxygen atoms in total. The van der Waals surface area contributed by atoms with E-state index in [1.54, 1.807) is 0 Å². The Labute approximate surface area is 108 Å². The molecular formula is C13H20ClN3. The predicted octanol–water partition coefficient (Wildman–Crippen LogP) is 3.82. The van der Waals surface area contributed by atoms with Gasteiger partial charge in [-0.05, 0) is 25.7 Å². The van der Waals surface area contributed by atoms with Crippen LogP contribution < -0.4 is 5.32 Å². The minimum atomic E-state index is 0.540. The molecule has 0 aliphatic heterocycles. The monoisotopic (exact) mass is 253 g/mol. The predicted molar refractivity (Wildman–Crippen MR) is 71.4 cm³/mol. The molecule has 1 aliphatic carbocycles. The van der Waals surface area contributed by atoms with Gasteiger partial charge in [-0.2, -0.15) is 0 Å². The SMILES string of the molecule is CCC1CCCC(Nc2ncnc(Cl)c2C)C1. The summed E-state index contributed by atoms with van der Waals surface area (Å²) in [4.78, 5) is 8.26. The summed E-state index contributed by atoms with van der Waals surface area (Å²) < 4.78 is 0. The molecule has 4 heteroatoms. The maximum Gasteiger partial charge on any atom is 0.137 e. The van der Waals surface area contributed by atoms with Crippen molar-refractivity contribution in [2.75, 3.05) is 5.32 Å². The molecule has 2 unspecified atom stereocenters. The summed E-state index contributed by atoms with van der Waals surface area (Å²) in [6.45, 7) is 4.24. The van der Waals surface area contributed by atoms with Gasteiger partial charge in [-0.1, -0.05) is 37.8 Å². The number of hydrogen-bond donors (Lipinski definition) is 1. The first-order valence-corrected chi connectivity index (χ1v) is 6.82. The first-order chi connectivity index (χ1) is 8.20. The van der Waals surface area contributed by atoms with Crippen molar-refractivity contribution in [3.63, 3.8) is 0 Å². The molecule has 1 fully saturated rings. The summed E-state index contributed by atoms with van der Waals surface area (Å²) in [6, 6.07) is 0.540. The third-order valence-corrected chi connectivity index (χ3v) is 4.10. The maximum absolute atomic E-state index is 6.00. The summed E-state index contributed by atoms with van der Waals surface area (Å²) in [5.41, 5.74) is 0.952. The summed E-state index contributed by atoms with van der Waals surface area (Å²) in [5.74, 6) is 1.76. The topological polar surface area (TPSA) is 37.8 Å². The Kier molecular flexibility index (Phi) is 4.21. The number of nitrogens with zero attached hydrogens (tertiary/aromatic N) is 2. The molecule has 1 aromatic heterocycles. The number of nitrogens with one attached hydrogen (secondary N) is 1. The van der Waals surface area contributed by atoms with Gasteiger partial charge >= 0.3 is 0 Å². The Morgan fingerprint density at radius 3 is 3.00 bits per heavy atom. The quantitative estimate of drug-likeness (QED) is 0.833. The second kappa shape index (κ2) is 5.67. The van der Waals surface area contributed by atoms with Gasteiger partial charge in [0.15, 0.2) is 0 Å². The molecule has 0 bridgehead atoms. The minimum Gasteiger partial charge on any atom is -0.367 e. The second-order valence-electron chi connectivity index (χ2n) is 4.92. The highest BCUT2D eigenvalue weighted by molar-refractivity contribution is 6.30. The van der Waals surface area contributed by atoms with Crippen molar-refractivity contribution in [2.45, 2.75) is 52.0 Å². The Bertz CT molecular complexity index is 381. The molecule has 0 amide bonds. The van der Waals surface area contributed by atoms with Crippen LogP contribution in [0, 0.1) is 12.8 Å². The van der Waals surface area contributed by atoms with Crippen LogP contribution in [-0.2, 0) is 0 Å². The van der Waals surface area contributed by atoms with Gasteiger partial charge in [-0.15, -0.1) is 0 Å². The molecule has 0 aromatic carbocycles. The third-order valence-electron chi connectivity index (χ3n) is 3.72. The molecule has 94 valence electrons. The van der Waals surface area contributed by atoms with E-state index < -0.39 is 0 Å². The zero-order valence-electron chi connectivity index (χ0n) is 10.5. The molecule has 1 saturated carbocycles. The molecule has 1 heterocycles. The Hall–Kier alpha value is -0.830. The summed E-state index contributed by atoms with van der Waals surface area (Å²) in [5, 5.41) is 4.07.